The van der Waals surface area contributed by atoms with Crippen LogP contribution < -0.4 is 4.74 Å². The van der Waals surface area contributed by atoms with E-state index < -0.39 is 5.97 Å². The molecule has 3 nitrogen and oxygen atoms in total. The van der Waals surface area contributed by atoms with E-state index >= 15 is 0 Å². The van der Waals surface area contributed by atoms with Gasteiger partial charge in [0.15, 0.2) is 0 Å². The van der Waals surface area contributed by atoms with Crippen LogP contribution in [-0.2, 0) is 0 Å². The summed E-state index contributed by atoms with van der Waals surface area (Å²) in [6.07, 6.45) is 4.94. The molecule has 1 aromatic rings. The summed E-state index contributed by atoms with van der Waals surface area (Å²) in [5, 5.41) is 8.70. The number of benzene rings is 1. The van der Waals surface area contributed by atoms with E-state index in [1.807, 2.05) is 6.08 Å². The number of carboxylic acids is 1. The molecule has 0 heterocycles. The van der Waals surface area contributed by atoms with Crippen LogP contribution in [0.5, 0.6) is 5.75 Å². The molecule has 1 rings (SSSR count). The summed E-state index contributed by atoms with van der Waals surface area (Å²) in [6, 6.07) is 6.44. The molecule has 0 amide bonds. The fraction of sp³-hybridized carbons (Fsp3) is 0.308. The van der Waals surface area contributed by atoms with Crippen LogP contribution in [0.4, 0.5) is 0 Å². The van der Waals surface area contributed by atoms with Crippen molar-refractivity contribution in [1.82, 2.24) is 0 Å². The Hall–Kier alpha value is -1.77. The number of aromatic carboxylic acids is 1. The van der Waals surface area contributed by atoms with Crippen molar-refractivity contribution in [3.63, 3.8) is 0 Å². The molecule has 1 N–H and O–H groups in total. The first-order valence-corrected chi connectivity index (χ1v) is 5.31. The second-order valence-electron chi connectivity index (χ2n) is 3.46. The standard InChI is InChI=1S/C13H16O3/c1-2-3-4-5-10-16-12-8-6-11(7-9-12)13(14)15/h2,6-9H,1,3-5,10H2,(H,14,15). The highest BCUT2D eigenvalue weighted by molar-refractivity contribution is 5.87. The summed E-state index contributed by atoms with van der Waals surface area (Å²) >= 11 is 0. The predicted octanol–water partition coefficient (Wildman–Crippen LogP) is 3.12. The molecule has 0 atom stereocenters. The minimum Gasteiger partial charge on any atom is -0.494 e. The number of unbranched alkanes of at least 4 members (excludes halogenated alkanes) is 2. The van der Waals surface area contributed by atoms with Crippen molar-refractivity contribution in [1.29, 1.82) is 0 Å². The van der Waals surface area contributed by atoms with E-state index in [2.05, 4.69) is 6.58 Å². The van der Waals surface area contributed by atoms with E-state index in [0.717, 1.165) is 19.3 Å². The van der Waals surface area contributed by atoms with Gasteiger partial charge in [-0.2, -0.15) is 0 Å². The second kappa shape index (κ2) is 6.67. The van der Waals surface area contributed by atoms with Crippen LogP contribution in [0.3, 0.4) is 0 Å². The molecule has 3 heteroatoms. The maximum atomic E-state index is 10.6. The van der Waals surface area contributed by atoms with Crippen LogP contribution in [0.2, 0.25) is 0 Å². The van der Waals surface area contributed by atoms with Gasteiger partial charge in [0.25, 0.3) is 0 Å². The van der Waals surface area contributed by atoms with Gasteiger partial charge in [-0.3, -0.25) is 0 Å². The molecule has 0 aromatic heterocycles. The lowest BCUT2D eigenvalue weighted by Gasteiger charge is -2.05. The number of hydrogen-bond acceptors (Lipinski definition) is 2. The Bertz CT molecular complexity index is 341. The van der Waals surface area contributed by atoms with Gasteiger partial charge in [0.05, 0.1) is 12.2 Å². The third kappa shape index (κ3) is 4.17. The molecule has 0 saturated heterocycles. The largest absolute Gasteiger partial charge is 0.494 e. The van der Waals surface area contributed by atoms with Crippen molar-refractivity contribution in [2.24, 2.45) is 0 Å². The van der Waals surface area contributed by atoms with Crippen LogP contribution in [-0.4, -0.2) is 17.7 Å². The number of carbonyl (C=O) groups is 1. The highest BCUT2D eigenvalue weighted by atomic mass is 16.5. The molecule has 0 aliphatic rings. The van der Waals surface area contributed by atoms with Crippen molar-refractivity contribution in [3.8, 4) is 5.75 Å². The molecule has 0 saturated carbocycles. The summed E-state index contributed by atoms with van der Waals surface area (Å²) in [7, 11) is 0. The topological polar surface area (TPSA) is 46.5 Å². The van der Waals surface area contributed by atoms with Crippen molar-refractivity contribution >= 4 is 5.97 Å². The van der Waals surface area contributed by atoms with Gasteiger partial charge < -0.3 is 9.84 Å². The Kier molecular flexibility index (Phi) is 5.12. The molecular weight excluding hydrogens is 204 g/mol. The average Bonchev–Trinajstić information content (AvgIpc) is 2.29. The lowest BCUT2D eigenvalue weighted by atomic mass is 10.2. The highest BCUT2D eigenvalue weighted by Crippen LogP contribution is 2.12. The minimum atomic E-state index is -0.919. The van der Waals surface area contributed by atoms with Crippen LogP contribution in [0.15, 0.2) is 36.9 Å². The number of ether oxygens (including phenoxy) is 1. The lowest BCUT2D eigenvalue weighted by molar-refractivity contribution is 0.0697. The fourth-order valence-corrected chi connectivity index (χ4v) is 1.27. The van der Waals surface area contributed by atoms with Gasteiger partial charge in [-0.15, -0.1) is 6.58 Å². The third-order valence-corrected chi connectivity index (χ3v) is 2.17. The number of hydrogen-bond donors (Lipinski definition) is 1. The van der Waals surface area contributed by atoms with E-state index in [0.29, 0.717) is 12.4 Å². The molecule has 0 unspecified atom stereocenters. The van der Waals surface area contributed by atoms with Gasteiger partial charge in [-0.25, -0.2) is 4.79 Å². The molecule has 0 spiro atoms. The van der Waals surface area contributed by atoms with Crippen molar-refractivity contribution < 1.29 is 14.6 Å². The van der Waals surface area contributed by atoms with E-state index in [4.69, 9.17) is 9.84 Å². The Balaban J connectivity index is 2.32. The SMILES string of the molecule is C=CCCCCOc1ccc(C(=O)O)cc1. The Morgan fingerprint density at radius 1 is 1.31 bits per heavy atom. The zero-order chi connectivity index (χ0) is 11.8. The van der Waals surface area contributed by atoms with Crippen LogP contribution in [0.25, 0.3) is 0 Å². The van der Waals surface area contributed by atoms with E-state index in [1.165, 1.54) is 0 Å². The summed E-state index contributed by atoms with van der Waals surface area (Å²) in [4.78, 5) is 10.6. The number of rotatable bonds is 7. The van der Waals surface area contributed by atoms with Gasteiger partial charge in [0, 0.05) is 0 Å². The normalized spacial score (nSPS) is 9.75. The molecule has 0 aliphatic heterocycles. The van der Waals surface area contributed by atoms with E-state index in [1.54, 1.807) is 24.3 Å². The minimum absolute atomic E-state index is 0.277. The molecule has 0 fully saturated rings. The van der Waals surface area contributed by atoms with Crippen LogP contribution >= 0.6 is 0 Å². The third-order valence-electron chi connectivity index (χ3n) is 2.17. The first-order valence-electron chi connectivity index (χ1n) is 5.31. The Morgan fingerprint density at radius 2 is 2.00 bits per heavy atom. The first-order chi connectivity index (χ1) is 7.74. The van der Waals surface area contributed by atoms with Crippen molar-refractivity contribution in [3.05, 3.63) is 42.5 Å². The maximum absolute atomic E-state index is 10.6. The number of allylic oxidation sites excluding steroid dienone is 1. The molecule has 16 heavy (non-hydrogen) atoms. The summed E-state index contributed by atoms with van der Waals surface area (Å²) in [5.74, 6) is -0.207. The zero-order valence-electron chi connectivity index (χ0n) is 9.19. The quantitative estimate of drug-likeness (QED) is 0.567. The molecule has 0 bridgehead atoms. The smallest absolute Gasteiger partial charge is 0.335 e. The second-order valence-corrected chi connectivity index (χ2v) is 3.46. The number of carboxylic acid groups (broad SMARTS) is 1. The van der Waals surface area contributed by atoms with Gasteiger partial charge in [0.2, 0.25) is 0 Å². The maximum Gasteiger partial charge on any atom is 0.335 e. The predicted molar refractivity (Wildman–Crippen MR) is 62.9 cm³/mol. The monoisotopic (exact) mass is 220 g/mol. The van der Waals surface area contributed by atoms with E-state index in [-0.39, 0.29) is 5.56 Å². The summed E-state index contributed by atoms with van der Waals surface area (Å²) < 4.78 is 5.46. The lowest BCUT2D eigenvalue weighted by Crippen LogP contribution is -1.99. The molecule has 0 aliphatic carbocycles. The zero-order valence-corrected chi connectivity index (χ0v) is 9.19. The van der Waals surface area contributed by atoms with Crippen molar-refractivity contribution in [2.75, 3.05) is 6.61 Å². The van der Waals surface area contributed by atoms with E-state index in [9.17, 15) is 4.79 Å². The fourth-order valence-electron chi connectivity index (χ4n) is 1.27. The summed E-state index contributed by atoms with van der Waals surface area (Å²) in [5.41, 5.74) is 0.277. The Labute approximate surface area is 95.4 Å². The first kappa shape index (κ1) is 12.3. The molecule has 1 aromatic carbocycles. The molecular formula is C13H16O3. The van der Waals surface area contributed by atoms with Crippen molar-refractivity contribution in [2.45, 2.75) is 19.3 Å². The molecule has 86 valence electrons. The van der Waals surface area contributed by atoms with Gasteiger partial charge in [-0.1, -0.05) is 6.08 Å². The average molecular weight is 220 g/mol. The molecule has 0 radical (unpaired) electrons. The Morgan fingerprint density at radius 3 is 2.56 bits per heavy atom. The van der Waals surface area contributed by atoms with Gasteiger partial charge in [0.1, 0.15) is 5.75 Å². The highest BCUT2D eigenvalue weighted by Gasteiger charge is 2.01. The summed E-state index contributed by atoms with van der Waals surface area (Å²) in [6.45, 7) is 4.30. The van der Waals surface area contributed by atoms with Gasteiger partial charge in [-0.05, 0) is 43.5 Å². The van der Waals surface area contributed by atoms with Crippen LogP contribution in [0, 0.1) is 0 Å². The van der Waals surface area contributed by atoms with Crippen LogP contribution in [0.1, 0.15) is 29.6 Å². The van der Waals surface area contributed by atoms with Gasteiger partial charge >= 0.3 is 5.97 Å².